The molecule has 0 aliphatic rings. The number of anilines is 1. The van der Waals surface area contributed by atoms with Gasteiger partial charge in [-0.3, -0.25) is 10.1 Å². The summed E-state index contributed by atoms with van der Waals surface area (Å²) < 4.78 is 0.695. The summed E-state index contributed by atoms with van der Waals surface area (Å²) in [7, 11) is 0. The van der Waals surface area contributed by atoms with Crippen LogP contribution in [0.15, 0.2) is 53.0 Å². The van der Waals surface area contributed by atoms with Crippen molar-refractivity contribution in [1.29, 1.82) is 0 Å². The van der Waals surface area contributed by atoms with Gasteiger partial charge in [0, 0.05) is 22.3 Å². The number of hydrogen-bond donors (Lipinski definition) is 1. The molecule has 0 aliphatic heterocycles. The molecule has 0 radical (unpaired) electrons. The van der Waals surface area contributed by atoms with E-state index in [1.54, 1.807) is 6.07 Å². The molecule has 2 aromatic carbocycles. The number of rotatable bonds is 5. The smallest absolute Gasteiger partial charge is 0.270 e. The summed E-state index contributed by atoms with van der Waals surface area (Å²) in [4.78, 5) is 10.3. The van der Waals surface area contributed by atoms with Gasteiger partial charge in [-0.05, 0) is 34.0 Å². The molecule has 0 amide bonds. The van der Waals surface area contributed by atoms with Crippen LogP contribution in [0.3, 0.4) is 0 Å². The molecule has 0 saturated heterocycles. The molecule has 0 spiro atoms. The summed E-state index contributed by atoms with van der Waals surface area (Å²) in [5.74, 6) is 0. The molecule has 5 heteroatoms. The molecule has 0 aliphatic carbocycles. The van der Waals surface area contributed by atoms with Gasteiger partial charge < -0.3 is 5.32 Å². The van der Waals surface area contributed by atoms with E-state index in [0.717, 1.165) is 12.1 Å². The maximum atomic E-state index is 10.7. The number of hydrogen-bond acceptors (Lipinski definition) is 3. The van der Waals surface area contributed by atoms with Crippen molar-refractivity contribution in [2.75, 3.05) is 5.32 Å². The third-order valence-electron chi connectivity index (χ3n) is 3.10. The Hall–Kier alpha value is -1.88. The third kappa shape index (κ3) is 3.36. The van der Waals surface area contributed by atoms with Gasteiger partial charge in [0.25, 0.3) is 5.69 Å². The topological polar surface area (TPSA) is 55.2 Å². The molecule has 104 valence electrons. The molecular formula is C15H15BrN2O2. The Morgan fingerprint density at radius 1 is 1.25 bits per heavy atom. The molecule has 4 nitrogen and oxygen atoms in total. The summed E-state index contributed by atoms with van der Waals surface area (Å²) in [6.07, 6.45) is 0.924. The fourth-order valence-corrected chi connectivity index (χ4v) is 2.51. The van der Waals surface area contributed by atoms with Crippen LogP contribution in [0.5, 0.6) is 0 Å². The van der Waals surface area contributed by atoms with E-state index in [2.05, 4.69) is 40.3 Å². The maximum Gasteiger partial charge on any atom is 0.270 e. The van der Waals surface area contributed by atoms with Gasteiger partial charge in [-0.2, -0.15) is 0 Å². The van der Waals surface area contributed by atoms with Crippen molar-refractivity contribution in [2.24, 2.45) is 0 Å². The van der Waals surface area contributed by atoms with Crippen LogP contribution in [0.25, 0.3) is 0 Å². The Bertz CT molecular complexity index is 602. The third-order valence-corrected chi connectivity index (χ3v) is 3.76. The Kier molecular flexibility index (Phi) is 4.74. The quantitative estimate of drug-likeness (QED) is 0.623. The number of nitrogens with zero attached hydrogens (tertiary/aromatic N) is 1. The van der Waals surface area contributed by atoms with E-state index in [1.807, 2.05) is 18.2 Å². The summed E-state index contributed by atoms with van der Waals surface area (Å²) in [6, 6.07) is 15.1. The molecule has 2 aromatic rings. The molecule has 0 bridgehead atoms. The van der Waals surface area contributed by atoms with Crippen molar-refractivity contribution in [1.82, 2.24) is 0 Å². The van der Waals surface area contributed by atoms with E-state index in [0.29, 0.717) is 4.47 Å². The van der Waals surface area contributed by atoms with Crippen LogP contribution in [0.1, 0.15) is 24.9 Å². The number of benzene rings is 2. The fourth-order valence-electron chi connectivity index (χ4n) is 2.03. The van der Waals surface area contributed by atoms with Gasteiger partial charge in [0.1, 0.15) is 0 Å². The van der Waals surface area contributed by atoms with Crippen molar-refractivity contribution in [2.45, 2.75) is 19.4 Å². The number of nitro groups is 1. The monoisotopic (exact) mass is 334 g/mol. The Morgan fingerprint density at radius 2 is 1.95 bits per heavy atom. The van der Waals surface area contributed by atoms with E-state index < -0.39 is 4.92 Å². The first-order valence-electron chi connectivity index (χ1n) is 6.37. The van der Waals surface area contributed by atoms with Crippen LogP contribution in [0.4, 0.5) is 11.4 Å². The Labute approximate surface area is 126 Å². The SMILES string of the molecule is CCC(Nc1ccc([N+](=O)[O-])cc1Br)c1ccccc1. The Morgan fingerprint density at radius 3 is 2.50 bits per heavy atom. The number of nitro benzene ring substituents is 1. The van der Waals surface area contributed by atoms with Crippen molar-refractivity contribution in [3.8, 4) is 0 Å². The minimum atomic E-state index is -0.400. The molecule has 20 heavy (non-hydrogen) atoms. The van der Waals surface area contributed by atoms with E-state index in [4.69, 9.17) is 0 Å². The predicted molar refractivity (Wildman–Crippen MR) is 83.9 cm³/mol. The molecule has 0 heterocycles. The van der Waals surface area contributed by atoms with Crippen molar-refractivity contribution < 1.29 is 4.92 Å². The summed E-state index contributed by atoms with van der Waals surface area (Å²) >= 11 is 3.38. The van der Waals surface area contributed by atoms with Crippen LogP contribution in [0.2, 0.25) is 0 Å². The lowest BCUT2D eigenvalue weighted by molar-refractivity contribution is -0.384. The van der Waals surface area contributed by atoms with Gasteiger partial charge in [-0.15, -0.1) is 0 Å². The van der Waals surface area contributed by atoms with Crippen LogP contribution >= 0.6 is 15.9 Å². The lowest BCUT2D eigenvalue weighted by Gasteiger charge is -2.19. The number of nitrogens with one attached hydrogen (secondary N) is 1. The second-order valence-electron chi connectivity index (χ2n) is 4.44. The largest absolute Gasteiger partial charge is 0.377 e. The zero-order chi connectivity index (χ0) is 14.5. The predicted octanol–water partition coefficient (Wildman–Crippen LogP) is 4.92. The normalized spacial score (nSPS) is 11.9. The van der Waals surface area contributed by atoms with E-state index in [9.17, 15) is 10.1 Å². The summed E-state index contributed by atoms with van der Waals surface area (Å²) in [5, 5.41) is 14.1. The second-order valence-corrected chi connectivity index (χ2v) is 5.29. The molecular weight excluding hydrogens is 320 g/mol. The summed E-state index contributed by atoms with van der Waals surface area (Å²) in [5.41, 5.74) is 2.13. The molecule has 2 rings (SSSR count). The van der Waals surface area contributed by atoms with Crippen LogP contribution < -0.4 is 5.32 Å². The first-order chi connectivity index (χ1) is 9.61. The van der Waals surface area contributed by atoms with Crippen molar-refractivity contribution in [3.63, 3.8) is 0 Å². The average Bonchev–Trinajstić information content (AvgIpc) is 2.46. The minimum Gasteiger partial charge on any atom is -0.377 e. The van der Waals surface area contributed by atoms with Gasteiger partial charge in [0.15, 0.2) is 0 Å². The van der Waals surface area contributed by atoms with Gasteiger partial charge in [-0.25, -0.2) is 0 Å². The van der Waals surface area contributed by atoms with Crippen LogP contribution in [0, 0.1) is 10.1 Å². The number of halogens is 1. The van der Waals surface area contributed by atoms with Crippen LogP contribution in [-0.2, 0) is 0 Å². The average molecular weight is 335 g/mol. The fraction of sp³-hybridized carbons (Fsp3) is 0.200. The highest BCUT2D eigenvalue weighted by Gasteiger charge is 2.13. The van der Waals surface area contributed by atoms with Gasteiger partial charge in [0.05, 0.1) is 11.0 Å². The van der Waals surface area contributed by atoms with Crippen molar-refractivity contribution in [3.05, 3.63) is 68.7 Å². The van der Waals surface area contributed by atoms with E-state index in [-0.39, 0.29) is 11.7 Å². The van der Waals surface area contributed by atoms with Gasteiger partial charge in [-0.1, -0.05) is 37.3 Å². The zero-order valence-electron chi connectivity index (χ0n) is 11.0. The maximum absolute atomic E-state index is 10.7. The molecule has 0 fully saturated rings. The molecule has 1 N–H and O–H groups in total. The summed E-state index contributed by atoms with van der Waals surface area (Å²) in [6.45, 7) is 2.10. The van der Waals surface area contributed by atoms with Crippen LogP contribution in [-0.4, -0.2) is 4.92 Å². The van der Waals surface area contributed by atoms with Gasteiger partial charge >= 0.3 is 0 Å². The first-order valence-corrected chi connectivity index (χ1v) is 7.16. The highest BCUT2D eigenvalue weighted by molar-refractivity contribution is 9.10. The van der Waals surface area contributed by atoms with E-state index in [1.165, 1.54) is 17.7 Å². The van der Waals surface area contributed by atoms with Gasteiger partial charge in [0.2, 0.25) is 0 Å². The highest BCUT2D eigenvalue weighted by atomic mass is 79.9. The lowest BCUT2D eigenvalue weighted by atomic mass is 10.0. The Balaban J connectivity index is 2.22. The first kappa shape index (κ1) is 14.5. The minimum absolute atomic E-state index is 0.0789. The van der Waals surface area contributed by atoms with Crippen molar-refractivity contribution >= 4 is 27.3 Å². The molecule has 0 aromatic heterocycles. The zero-order valence-corrected chi connectivity index (χ0v) is 12.6. The molecule has 0 saturated carbocycles. The lowest BCUT2D eigenvalue weighted by Crippen LogP contribution is -2.10. The highest BCUT2D eigenvalue weighted by Crippen LogP contribution is 2.31. The molecule has 1 unspecified atom stereocenters. The number of non-ortho nitro benzene ring substituents is 1. The van der Waals surface area contributed by atoms with E-state index >= 15 is 0 Å². The standard InChI is InChI=1S/C15H15BrN2O2/c1-2-14(11-6-4-3-5-7-11)17-15-9-8-12(18(19)20)10-13(15)16/h3-10,14,17H,2H2,1H3. The molecule has 1 atom stereocenters. The second kappa shape index (κ2) is 6.52.